The Morgan fingerprint density at radius 1 is 1.29 bits per heavy atom. The number of fused-ring (bicyclic) bond motifs is 1. The van der Waals surface area contributed by atoms with Crippen molar-refractivity contribution in [3.8, 4) is 11.3 Å². The molecule has 0 spiro atoms. The molecule has 14 nitrogen and oxygen atoms in total. The average molecular weight is 648 g/mol. The minimum Gasteiger partial charge on any atom is -0.477 e. The van der Waals surface area contributed by atoms with Gasteiger partial charge in [0.1, 0.15) is 30.8 Å². The zero-order valence-corrected chi connectivity index (χ0v) is 25.5. The molecule has 42 heavy (non-hydrogen) atoms. The SMILES string of the molecule is CCON=C(C(=O)N[C@@H]1C(=O)N2C(C(=O)O)=C(Sc3nc(-c4cc[n+](C)cc4)cs3)CS[C@H]12)c1nsc(NC(C)=O)n1. The summed E-state index contributed by atoms with van der Waals surface area (Å²) in [5.74, 6) is -2.75. The third kappa shape index (κ3) is 6.15. The number of anilines is 1. The molecule has 3 N–H and O–H groups in total. The quantitative estimate of drug-likeness (QED) is 0.126. The van der Waals surface area contributed by atoms with Gasteiger partial charge in [0.05, 0.1) is 5.69 Å². The Balaban J connectivity index is 1.31. The molecule has 2 aliphatic heterocycles. The lowest BCUT2D eigenvalue weighted by Gasteiger charge is -2.49. The highest BCUT2D eigenvalue weighted by atomic mass is 32.2. The number of carboxylic acid groups (broad SMARTS) is 1. The van der Waals surface area contributed by atoms with Crippen molar-refractivity contribution >= 4 is 80.9 Å². The molecule has 2 atom stereocenters. The first kappa shape index (κ1) is 29.6. The number of carbonyl (C=O) groups is 4. The normalized spacial score (nSPS) is 18.3. The maximum absolute atomic E-state index is 13.2. The van der Waals surface area contributed by atoms with E-state index in [4.69, 9.17) is 4.84 Å². The van der Waals surface area contributed by atoms with Crippen LogP contribution in [0.15, 0.2) is 50.0 Å². The van der Waals surface area contributed by atoms with Gasteiger partial charge in [-0.05, 0) is 6.92 Å². The fourth-order valence-electron chi connectivity index (χ4n) is 3.93. The number of oxime groups is 1. The lowest BCUT2D eigenvalue weighted by Crippen LogP contribution is -2.71. The Morgan fingerprint density at radius 2 is 2.05 bits per heavy atom. The lowest BCUT2D eigenvalue weighted by atomic mass is 10.0. The largest absolute Gasteiger partial charge is 0.477 e. The third-order valence-corrected chi connectivity index (χ3v) is 9.93. The van der Waals surface area contributed by atoms with Crippen LogP contribution in [-0.2, 0) is 31.1 Å². The van der Waals surface area contributed by atoms with Gasteiger partial charge in [-0.15, -0.1) is 23.1 Å². The predicted octanol–water partition coefficient (Wildman–Crippen LogP) is 1.67. The number of aryl methyl sites for hydroxylation is 1. The molecule has 18 heteroatoms. The molecule has 3 aromatic heterocycles. The fourth-order valence-corrected chi connectivity index (χ4v) is 8.01. The van der Waals surface area contributed by atoms with Crippen LogP contribution in [0.4, 0.5) is 5.13 Å². The van der Waals surface area contributed by atoms with E-state index in [9.17, 15) is 24.3 Å². The number of thioether (sulfide) groups is 2. The molecule has 0 aliphatic carbocycles. The van der Waals surface area contributed by atoms with E-state index < -0.39 is 29.2 Å². The number of amides is 3. The number of carbonyl (C=O) groups excluding carboxylic acids is 3. The van der Waals surface area contributed by atoms with Crippen molar-refractivity contribution in [1.82, 2.24) is 24.6 Å². The van der Waals surface area contributed by atoms with Crippen molar-refractivity contribution in [3.63, 3.8) is 0 Å². The van der Waals surface area contributed by atoms with Gasteiger partial charge in [0.25, 0.3) is 11.8 Å². The van der Waals surface area contributed by atoms with E-state index in [1.165, 1.54) is 46.7 Å². The number of carboxylic acids is 1. The molecule has 1 fully saturated rings. The summed E-state index contributed by atoms with van der Waals surface area (Å²) in [7, 11) is 1.92. The Morgan fingerprint density at radius 3 is 2.74 bits per heavy atom. The molecule has 0 unspecified atom stereocenters. The highest BCUT2D eigenvalue weighted by Gasteiger charge is 2.54. The molecule has 1 saturated heterocycles. The molecule has 218 valence electrons. The second kappa shape index (κ2) is 12.6. The minimum absolute atomic E-state index is 0.0911. The van der Waals surface area contributed by atoms with Gasteiger partial charge in [0.15, 0.2) is 16.7 Å². The summed E-state index contributed by atoms with van der Waals surface area (Å²) in [4.78, 5) is 65.4. The van der Waals surface area contributed by atoms with Gasteiger partial charge in [-0.25, -0.2) is 14.3 Å². The smallest absolute Gasteiger partial charge is 0.353 e. The average Bonchev–Trinajstić information content (AvgIpc) is 3.61. The Hall–Kier alpha value is -3.87. The standard InChI is InChI=1S/C24H22N8O6S4/c1-4-38-29-15(18-28-23(42-30-18)25-11(2)33)19(34)27-16-20(35)32-17(22(36)37)14(10-39-21(16)32)41-24-26-13(9-40-24)12-5-7-31(3)8-6-12/h5-9,16,21H,4,10H2,1-3H3,(H2-,25,27,28,30,33,34,36,37)/p+1/t16-,21-/m1/s1. The summed E-state index contributed by atoms with van der Waals surface area (Å²) in [6.45, 7) is 3.14. The van der Waals surface area contributed by atoms with Gasteiger partial charge in [0.2, 0.25) is 22.6 Å². The van der Waals surface area contributed by atoms with Crippen LogP contribution in [0.5, 0.6) is 0 Å². The van der Waals surface area contributed by atoms with Crippen molar-refractivity contribution < 1.29 is 33.7 Å². The first-order valence-electron chi connectivity index (χ1n) is 12.3. The number of thiazole rings is 1. The van der Waals surface area contributed by atoms with Crippen molar-refractivity contribution in [2.75, 3.05) is 17.7 Å². The van der Waals surface area contributed by atoms with Crippen LogP contribution in [-0.4, -0.2) is 77.5 Å². The highest BCUT2D eigenvalue weighted by molar-refractivity contribution is 8.07. The summed E-state index contributed by atoms with van der Waals surface area (Å²) in [6, 6.07) is 2.88. The number of nitrogens with zero attached hydrogens (tertiary/aromatic N) is 6. The Kier molecular flexibility index (Phi) is 8.85. The number of aromatic nitrogens is 4. The van der Waals surface area contributed by atoms with Crippen LogP contribution in [0.1, 0.15) is 19.7 Å². The number of pyridine rings is 1. The zero-order valence-electron chi connectivity index (χ0n) is 22.3. The molecular weight excluding hydrogens is 625 g/mol. The molecule has 0 radical (unpaired) electrons. The molecule has 5 rings (SSSR count). The third-order valence-electron chi connectivity index (χ3n) is 5.81. The summed E-state index contributed by atoms with van der Waals surface area (Å²) in [5, 5.41) is 20.4. The number of aliphatic carboxylic acids is 1. The van der Waals surface area contributed by atoms with Gasteiger partial charge in [-0.1, -0.05) is 16.9 Å². The fraction of sp³-hybridized carbons (Fsp3) is 0.292. The molecule has 2 aliphatic rings. The molecular formula is C24H23N8O6S4+. The van der Waals surface area contributed by atoms with Crippen molar-refractivity contribution in [2.24, 2.45) is 12.2 Å². The predicted molar refractivity (Wildman–Crippen MR) is 157 cm³/mol. The van der Waals surface area contributed by atoms with E-state index in [1.807, 2.05) is 41.5 Å². The van der Waals surface area contributed by atoms with Crippen molar-refractivity contribution in [1.29, 1.82) is 0 Å². The van der Waals surface area contributed by atoms with E-state index in [2.05, 4.69) is 30.1 Å². The molecule has 3 aromatic rings. The zero-order chi connectivity index (χ0) is 30.0. The van der Waals surface area contributed by atoms with Crippen LogP contribution >= 0.6 is 46.4 Å². The van der Waals surface area contributed by atoms with Gasteiger partial charge < -0.3 is 20.6 Å². The maximum atomic E-state index is 13.2. The molecule has 0 bridgehead atoms. The van der Waals surface area contributed by atoms with Gasteiger partial charge in [0, 0.05) is 52.2 Å². The van der Waals surface area contributed by atoms with Gasteiger partial charge >= 0.3 is 5.97 Å². The van der Waals surface area contributed by atoms with Crippen molar-refractivity contribution in [3.05, 3.63) is 46.3 Å². The highest BCUT2D eigenvalue weighted by Crippen LogP contribution is 2.46. The van der Waals surface area contributed by atoms with E-state index in [-0.39, 0.29) is 34.9 Å². The van der Waals surface area contributed by atoms with Crippen LogP contribution in [0.3, 0.4) is 0 Å². The Labute approximate surface area is 255 Å². The van der Waals surface area contributed by atoms with E-state index in [0.29, 0.717) is 15.0 Å². The second-order valence-corrected chi connectivity index (χ2v) is 12.8. The van der Waals surface area contributed by atoms with E-state index in [0.717, 1.165) is 22.8 Å². The van der Waals surface area contributed by atoms with Crippen LogP contribution in [0.25, 0.3) is 11.3 Å². The van der Waals surface area contributed by atoms with E-state index in [1.54, 1.807) is 6.92 Å². The van der Waals surface area contributed by atoms with Gasteiger partial charge in [-0.2, -0.15) is 9.36 Å². The minimum atomic E-state index is -1.25. The summed E-state index contributed by atoms with van der Waals surface area (Å²) >= 11 is 4.78. The monoisotopic (exact) mass is 647 g/mol. The summed E-state index contributed by atoms with van der Waals surface area (Å²) in [5.41, 5.74) is 1.29. The van der Waals surface area contributed by atoms with Gasteiger partial charge in [-0.3, -0.25) is 19.3 Å². The Bertz CT molecular complexity index is 1620. The topological polar surface area (TPSA) is 180 Å². The number of hydrogen-bond acceptors (Lipinski definition) is 13. The number of β-lactam (4-membered cyclic amide) rings is 1. The molecule has 3 amide bonds. The first-order valence-corrected chi connectivity index (χ1v) is 15.8. The summed E-state index contributed by atoms with van der Waals surface area (Å²) < 4.78 is 6.62. The number of hydrogen-bond donors (Lipinski definition) is 3. The molecule has 0 aromatic carbocycles. The van der Waals surface area contributed by atoms with Crippen LogP contribution < -0.4 is 15.2 Å². The summed E-state index contributed by atoms with van der Waals surface area (Å²) in [6.07, 6.45) is 3.83. The van der Waals surface area contributed by atoms with Crippen LogP contribution in [0, 0.1) is 0 Å². The lowest BCUT2D eigenvalue weighted by molar-refractivity contribution is -0.671. The van der Waals surface area contributed by atoms with E-state index >= 15 is 0 Å². The number of rotatable bonds is 10. The van der Waals surface area contributed by atoms with Crippen LogP contribution in [0.2, 0.25) is 0 Å². The van der Waals surface area contributed by atoms with Crippen molar-refractivity contribution in [2.45, 2.75) is 29.6 Å². The molecule has 5 heterocycles. The molecule has 0 saturated carbocycles. The first-order chi connectivity index (χ1) is 20.2. The second-order valence-electron chi connectivity index (χ2n) is 8.75. The number of nitrogens with one attached hydrogen (secondary N) is 2. The maximum Gasteiger partial charge on any atom is 0.353 e.